The number of hydrogen-bond acceptors (Lipinski definition) is 3. The van der Waals surface area contributed by atoms with Gasteiger partial charge in [-0.3, -0.25) is 4.79 Å². The second kappa shape index (κ2) is 3.77. The van der Waals surface area contributed by atoms with Crippen LogP contribution in [0, 0.1) is 0 Å². The fourth-order valence-electron chi connectivity index (χ4n) is 2.15. The normalized spacial score (nSPS) is 13.7. The average molecular weight is 239 g/mol. The quantitative estimate of drug-likeness (QED) is 0.830. The smallest absolute Gasteiger partial charge is 0.354 e. The molecule has 1 heterocycles. The van der Waals surface area contributed by atoms with E-state index in [1.54, 1.807) is 12.1 Å². The molecule has 0 bridgehead atoms. The van der Waals surface area contributed by atoms with Crippen LogP contribution < -0.4 is 0 Å². The number of nitrogens with zero attached hydrogens (tertiary/aromatic N) is 1. The molecule has 0 saturated carbocycles. The standard InChI is InChI=1S/C14H9NO3/c16-11-3-1-2-8-4-5-9-6-7-10(14(17)18)15-13(9)12(8)11/h1-2,4-7H,3H2,(H,17,18). The number of aromatic carboxylic acids is 1. The molecule has 4 heteroatoms. The van der Waals surface area contributed by atoms with Crippen molar-refractivity contribution >= 4 is 28.7 Å². The molecule has 0 amide bonds. The maximum Gasteiger partial charge on any atom is 0.354 e. The molecule has 0 radical (unpaired) electrons. The van der Waals surface area contributed by atoms with Crippen LogP contribution in [0.4, 0.5) is 0 Å². The van der Waals surface area contributed by atoms with Crippen molar-refractivity contribution in [1.29, 1.82) is 0 Å². The van der Waals surface area contributed by atoms with Gasteiger partial charge in [0.05, 0.1) is 11.1 Å². The first-order valence-electron chi connectivity index (χ1n) is 5.53. The zero-order chi connectivity index (χ0) is 12.7. The zero-order valence-electron chi connectivity index (χ0n) is 9.38. The van der Waals surface area contributed by atoms with Crippen LogP contribution in [0.5, 0.6) is 0 Å². The van der Waals surface area contributed by atoms with Gasteiger partial charge < -0.3 is 5.11 Å². The van der Waals surface area contributed by atoms with Crippen molar-refractivity contribution in [2.75, 3.05) is 0 Å². The fourth-order valence-corrected chi connectivity index (χ4v) is 2.15. The molecular formula is C14H9NO3. The van der Waals surface area contributed by atoms with Crippen molar-refractivity contribution in [3.8, 4) is 0 Å². The Balaban J connectivity index is 2.39. The van der Waals surface area contributed by atoms with Crippen LogP contribution in [0.2, 0.25) is 0 Å². The molecule has 18 heavy (non-hydrogen) atoms. The van der Waals surface area contributed by atoms with E-state index in [1.807, 2.05) is 18.2 Å². The van der Waals surface area contributed by atoms with Crippen molar-refractivity contribution in [2.24, 2.45) is 0 Å². The van der Waals surface area contributed by atoms with Gasteiger partial charge in [0.2, 0.25) is 0 Å². The number of carboxylic acids is 1. The van der Waals surface area contributed by atoms with E-state index in [1.165, 1.54) is 6.07 Å². The molecule has 2 aromatic rings. The third-order valence-electron chi connectivity index (χ3n) is 2.99. The van der Waals surface area contributed by atoms with Gasteiger partial charge >= 0.3 is 5.97 Å². The summed E-state index contributed by atoms with van der Waals surface area (Å²) in [4.78, 5) is 27.0. The number of carbonyl (C=O) groups is 2. The van der Waals surface area contributed by atoms with E-state index in [4.69, 9.17) is 5.11 Å². The van der Waals surface area contributed by atoms with Crippen LogP contribution in [0.1, 0.15) is 32.8 Å². The summed E-state index contributed by atoms with van der Waals surface area (Å²) < 4.78 is 0. The number of rotatable bonds is 1. The molecule has 0 spiro atoms. The lowest BCUT2D eigenvalue weighted by atomic mass is 9.93. The molecule has 0 aliphatic heterocycles. The largest absolute Gasteiger partial charge is 0.477 e. The molecule has 0 saturated heterocycles. The summed E-state index contributed by atoms with van der Waals surface area (Å²) in [5.41, 5.74) is 1.76. The van der Waals surface area contributed by atoms with Gasteiger partial charge in [0.1, 0.15) is 5.69 Å². The van der Waals surface area contributed by atoms with Crippen LogP contribution in [0.3, 0.4) is 0 Å². The third kappa shape index (κ3) is 1.50. The molecule has 1 aliphatic carbocycles. The molecule has 1 aromatic carbocycles. The SMILES string of the molecule is O=C(O)c1ccc2ccc3c(c2n1)C(=O)CC=C3. The van der Waals surface area contributed by atoms with E-state index in [2.05, 4.69) is 4.98 Å². The summed E-state index contributed by atoms with van der Waals surface area (Å²) in [6, 6.07) is 6.82. The topological polar surface area (TPSA) is 67.3 Å². The Morgan fingerprint density at radius 2 is 2.00 bits per heavy atom. The summed E-state index contributed by atoms with van der Waals surface area (Å²) in [6.07, 6.45) is 4.01. The number of carbonyl (C=O) groups excluding carboxylic acids is 1. The van der Waals surface area contributed by atoms with E-state index in [9.17, 15) is 9.59 Å². The van der Waals surface area contributed by atoms with E-state index in [-0.39, 0.29) is 11.5 Å². The second-order valence-corrected chi connectivity index (χ2v) is 4.13. The molecular weight excluding hydrogens is 230 g/mol. The lowest BCUT2D eigenvalue weighted by molar-refractivity contribution is 0.0690. The summed E-state index contributed by atoms with van der Waals surface area (Å²) in [5.74, 6) is -1.11. The predicted octanol–water partition coefficient (Wildman–Crippen LogP) is 2.53. The Hall–Kier alpha value is -2.49. The van der Waals surface area contributed by atoms with E-state index in [0.717, 1.165) is 10.9 Å². The predicted molar refractivity (Wildman–Crippen MR) is 66.7 cm³/mol. The van der Waals surface area contributed by atoms with Crippen molar-refractivity contribution in [3.63, 3.8) is 0 Å². The highest BCUT2D eigenvalue weighted by atomic mass is 16.4. The highest BCUT2D eigenvalue weighted by Crippen LogP contribution is 2.26. The minimum atomic E-state index is -1.09. The monoisotopic (exact) mass is 239 g/mol. The fraction of sp³-hybridized carbons (Fsp3) is 0.0714. The van der Waals surface area contributed by atoms with Gasteiger partial charge in [-0.25, -0.2) is 9.78 Å². The van der Waals surface area contributed by atoms with E-state index >= 15 is 0 Å². The van der Waals surface area contributed by atoms with E-state index < -0.39 is 5.97 Å². The number of ketones is 1. The molecule has 4 nitrogen and oxygen atoms in total. The number of aromatic nitrogens is 1. The van der Waals surface area contributed by atoms with E-state index in [0.29, 0.717) is 17.5 Å². The van der Waals surface area contributed by atoms with Gasteiger partial charge in [-0.15, -0.1) is 0 Å². The number of carboxylic acid groups (broad SMARTS) is 1. The zero-order valence-corrected chi connectivity index (χ0v) is 9.38. The Bertz CT molecular complexity index is 716. The van der Waals surface area contributed by atoms with Crippen LogP contribution in [-0.4, -0.2) is 21.8 Å². The van der Waals surface area contributed by atoms with Gasteiger partial charge in [0, 0.05) is 11.8 Å². The molecule has 88 valence electrons. The number of hydrogen-bond donors (Lipinski definition) is 1. The first-order chi connectivity index (χ1) is 8.66. The van der Waals surface area contributed by atoms with Crippen LogP contribution in [0.25, 0.3) is 17.0 Å². The lowest BCUT2D eigenvalue weighted by Crippen LogP contribution is -2.08. The molecule has 1 aliphatic rings. The minimum absolute atomic E-state index is 0.0202. The van der Waals surface area contributed by atoms with Gasteiger partial charge in [-0.2, -0.15) is 0 Å². The summed E-state index contributed by atoms with van der Waals surface area (Å²) in [6.45, 7) is 0. The lowest BCUT2D eigenvalue weighted by Gasteiger charge is -2.12. The highest BCUT2D eigenvalue weighted by Gasteiger charge is 2.18. The average Bonchev–Trinajstić information content (AvgIpc) is 2.37. The Morgan fingerprint density at radius 3 is 2.78 bits per heavy atom. The Kier molecular flexibility index (Phi) is 2.23. The molecule has 3 rings (SSSR count). The van der Waals surface area contributed by atoms with Gasteiger partial charge in [0.25, 0.3) is 0 Å². The number of Topliss-reactive ketones (excluding diaryl/α,β-unsaturated/α-hetero) is 1. The van der Waals surface area contributed by atoms with Gasteiger partial charge in [-0.1, -0.05) is 30.4 Å². The van der Waals surface area contributed by atoms with Crippen molar-refractivity contribution < 1.29 is 14.7 Å². The summed E-state index contributed by atoms with van der Waals surface area (Å²) in [7, 11) is 0. The summed E-state index contributed by atoms with van der Waals surface area (Å²) in [5, 5.41) is 9.73. The summed E-state index contributed by atoms with van der Waals surface area (Å²) >= 11 is 0. The maximum absolute atomic E-state index is 11.9. The molecule has 0 fully saturated rings. The maximum atomic E-state index is 11.9. The Morgan fingerprint density at radius 1 is 1.22 bits per heavy atom. The van der Waals surface area contributed by atoms with Gasteiger partial charge in [-0.05, 0) is 11.6 Å². The minimum Gasteiger partial charge on any atom is -0.477 e. The number of fused-ring (bicyclic) bond motifs is 3. The Labute approximate surface area is 103 Å². The van der Waals surface area contributed by atoms with Crippen LogP contribution >= 0.6 is 0 Å². The molecule has 0 unspecified atom stereocenters. The van der Waals surface area contributed by atoms with Crippen LogP contribution in [-0.2, 0) is 0 Å². The second-order valence-electron chi connectivity index (χ2n) is 4.13. The number of pyridine rings is 1. The highest BCUT2D eigenvalue weighted by molar-refractivity contribution is 6.12. The molecule has 1 N–H and O–H groups in total. The first-order valence-corrected chi connectivity index (χ1v) is 5.53. The van der Waals surface area contributed by atoms with Gasteiger partial charge in [0.15, 0.2) is 5.78 Å². The van der Waals surface area contributed by atoms with Crippen molar-refractivity contribution in [2.45, 2.75) is 6.42 Å². The molecule has 1 aromatic heterocycles. The first kappa shape index (κ1) is 10.7. The van der Waals surface area contributed by atoms with Crippen LogP contribution in [0.15, 0.2) is 30.3 Å². The third-order valence-corrected chi connectivity index (χ3v) is 2.99. The van der Waals surface area contributed by atoms with Crippen molar-refractivity contribution in [1.82, 2.24) is 4.98 Å². The van der Waals surface area contributed by atoms with Crippen molar-refractivity contribution in [3.05, 3.63) is 47.2 Å². The number of benzene rings is 1. The number of allylic oxidation sites excluding steroid dienone is 1. The molecule has 0 atom stereocenters.